The smallest absolute Gasteiger partial charge is 0.410 e. The number of halogens is 1. The van der Waals surface area contributed by atoms with Crippen LogP contribution in [-0.4, -0.2) is 77.6 Å². The van der Waals surface area contributed by atoms with Crippen LogP contribution >= 0.6 is 11.6 Å². The molecule has 0 aliphatic heterocycles. The first-order valence-electron chi connectivity index (χ1n) is 17.7. The number of nitrogens with zero attached hydrogens (tertiary/aromatic N) is 3. The molecule has 1 atom stereocenters. The Morgan fingerprint density at radius 1 is 0.902 bits per heavy atom. The third-order valence-electron chi connectivity index (χ3n) is 8.25. The lowest BCUT2D eigenvalue weighted by Gasteiger charge is -2.31. The summed E-state index contributed by atoms with van der Waals surface area (Å²) in [5, 5.41) is 9.12. The number of hydrogen-bond acceptors (Lipinski definition) is 9. The van der Waals surface area contributed by atoms with Gasteiger partial charge >= 0.3 is 6.09 Å². The van der Waals surface area contributed by atoms with Gasteiger partial charge in [-0.3, -0.25) is 9.59 Å². The van der Waals surface area contributed by atoms with Gasteiger partial charge < -0.3 is 37.1 Å². The van der Waals surface area contributed by atoms with Crippen molar-refractivity contribution in [3.05, 3.63) is 81.6 Å². The molecule has 7 N–H and O–H groups in total. The Hall–Kier alpha value is -4.42. The molecule has 0 saturated heterocycles. The second kappa shape index (κ2) is 20.4. The van der Waals surface area contributed by atoms with Crippen molar-refractivity contribution in [2.75, 3.05) is 50.7 Å². The van der Waals surface area contributed by atoms with Gasteiger partial charge in [-0.2, -0.15) is 0 Å². The van der Waals surface area contributed by atoms with Gasteiger partial charge in [-0.05, 0) is 88.2 Å². The second-order valence-corrected chi connectivity index (χ2v) is 14.1. The quantitative estimate of drug-likeness (QED) is 0.0990. The van der Waals surface area contributed by atoms with Crippen molar-refractivity contribution < 1.29 is 19.1 Å². The number of hydrogen-bond donors (Lipinski definition) is 5. The highest BCUT2D eigenvalue weighted by Gasteiger charge is 2.26. The lowest BCUT2D eigenvalue weighted by Crippen LogP contribution is -2.44. The fourth-order valence-electron chi connectivity index (χ4n) is 5.43. The van der Waals surface area contributed by atoms with E-state index in [2.05, 4.69) is 32.8 Å². The molecule has 0 fully saturated rings. The van der Waals surface area contributed by atoms with E-state index < -0.39 is 17.6 Å². The number of benzene rings is 2. The summed E-state index contributed by atoms with van der Waals surface area (Å²) < 4.78 is 5.81. The van der Waals surface area contributed by atoms with E-state index in [0.717, 1.165) is 36.2 Å². The number of anilines is 2. The molecule has 0 spiro atoms. The maximum Gasteiger partial charge on any atom is 0.410 e. The Morgan fingerprint density at radius 2 is 1.63 bits per heavy atom. The minimum atomic E-state index is -0.709. The molecule has 0 bridgehead atoms. The summed E-state index contributed by atoms with van der Waals surface area (Å²) in [6.07, 6.45) is 5.47. The van der Waals surface area contributed by atoms with Crippen LogP contribution in [0.5, 0.6) is 0 Å². The van der Waals surface area contributed by atoms with E-state index in [4.69, 9.17) is 27.8 Å². The molecule has 0 aliphatic rings. The predicted molar refractivity (Wildman–Crippen MR) is 204 cm³/mol. The van der Waals surface area contributed by atoms with Gasteiger partial charge in [0.1, 0.15) is 5.60 Å². The van der Waals surface area contributed by atoms with E-state index in [1.54, 1.807) is 17.0 Å². The van der Waals surface area contributed by atoms with Crippen molar-refractivity contribution in [3.8, 4) is 0 Å². The minimum Gasteiger partial charge on any atom is -0.444 e. The summed E-state index contributed by atoms with van der Waals surface area (Å²) in [6.45, 7) is 12.8. The molecule has 278 valence electrons. The molecule has 0 radical (unpaired) electrons. The van der Waals surface area contributed by atoms with Crippen molar-refractivity contribution in [3.63, 3.8) is 0 Å². The highest BCUT2D eigenvalue weighted by molar-refractivity contribution is 6.31. The molecule has 3 rings (SSSR count). The Balaban J connectivity index is 1.69. The number of unbranched alkanes of at least 4 members (excludes halogenated alkanes) is 3. The summed E-state index contributed by atoms with van der Waals surface area (Å²) in [4.78, 5) is 49.0. The third-order valence-corrected chi connectivity index (χ3v) is 8.53. The first-order chi connectivity index (χ1) is 24.3. The average Bonchev–Trinajstić information content (AvgIpc) is 3.08. The maximum absolute atomic E-state index is 13.6. The van der Waals surface area contributed by atoms with Crippen LogP contribution in [0.2, 0.25) is 5.15 Å². The second-order valence-electron chi connectivity index (χ2n) is 13.8. The monoisotopic (exact) mass is 722 g/mol. The number of nitrogens with two attached hydrogens (primary N) is 2. The van der Waals surface area contributed by atoms with Gasteiger partial charge in [0.2, 0.25) is 0 Å². The van der Waals surface area contributed by atoms with E-state index in [-0.39, 0.29) is 40.9 Å². The summed E-state index contributed by atoms with van der Waals surface area (Å²) >= 11 is 6.02. The SMILES string of the molecule is CCCCCCNCCNC(=O)c1ccc(CCN(CC(CNC(=O)c2nc(Cl)c(N)nc2N)Cc2ccccc2C)C(=O)OC(C)(C)C)cc1. The number of aryl methyl sites for hydroxylation is 1. The fourth-order valence-corrected chi connectivity index (χ4v) is 5.56. The molecule has 0 aliphatic carbocycles. The lowest BCUT2D eigenvalue weighted by atomic mass is 9.95. The zero-order valence-electron chi connectivity index (χ0n) is 30.7. The van der Waals surface area contributed by atoms with Crippen LogP contribution in [0.15, 0.2) is 48.5 Å². The van der Waals surface area contributed by atoms with Gasteiger partial charge in [-0.25, -0.2) is 14.8 Å². The number of carbonyl (C=O) groups is 3. The molecule has 12 nitrogen and oxygen atoms in total. The summed E-state index contributed by atoms with van der Waals surface area (Å²) in [5.41, 5.74) is 14.5. The third kappa shape index (κ3) is 14.4. The molecule has 2 aromatic carbocycles. The largest absolute Gasteiger partial charge is 0.444 e. The molecule has 13 heteroatoms. The summed E-state index contributed by atoms with van der Waals surface area (Å²) in [5.74, 6) is -1.08. The molecule has 3 aromatic rings. The normalized spacial score (nSPS) is 11.9. The summed E-state index contributed by atoms with van der Waals surface area (Å²) in [7, 11) is 0. The van der Waals surface area contributed by atoms with E-state index in [0.29, 0.717) is 38.0 Å². The number of amides is 3. The number of carbonyl (C=O) groups excluding carboxylic acids is 3. The lowest BCUT2D eigenvalue weighted by molar-refractivity contribution is 0.0222. The Morgan fingerprint density at radius 3 is 2.31 bits per heavy atom. The Labute approximate surface area is 307 Å². The van der Waals surface area contributed by atoms with Crippen LogP contribution in [0.3, 0.4) is 0 Å². The number of nitrogens with one attached hydrogen (secondary N) is 3. The van der Waals surface area contributed by atoms with Crippen molar-refractivity contribution in [2.24, 2.45) is 5.92 Å². The number of ether oxygens (including phenoxy) is 1. The predicted octanol–water partition coefficient (Wildman–Crippen LogP) is 5.57. The molecule has 3 amide bonds. The fraction of sp³-hybridized carbons (Fsp3) is 0.500. The van der Waals surface area contributed by atoms with Gasteiger partial charge in [0.15, 0.2) is 22.5 Å². The number of rotatable bonds is 19. The number of aromatic nitrogens is 2. The minimum absolute atomic E-state index is 0.0644. The zero-order chi connectivity index (χ0) is 37.4. The molecule has 1 heterocycles. The van der Waals surface area contributed by atoms with Crippen molar-refractivity contribution >= 4 is 41.1 Å². The maximum atomic E-state index is 13.6. The van der Waals surface area contributed by atoms with Gasteiger partial charge in [-0.1, -0.05) is 74.2 Å². The van der Waals surface area contributed by atoms with Gasteiger partial charge in [0.05, 0.1) is 0 Å². The van der Waals surface area contributed by atoms with Gasteiger partial charge in [-0.15, -0.1) is 0 Å². The van der Waals surface area contributed by atoms with E-state index in [1.165, 1.54) is 19.3 Å². The van der Waals surface area contributed by atoms with Crippen LogP contribution in [0, 0.1) is 12.8 Å². The first-order valence-corrected chi connectivity index (χ1v) is 18.1. The van der Waals surface area contributed by atoms with Gasteiger partial charge in [0.25, 0.3) is 11.8 Å². The highest BCUT2D eigenvalue weighted by atomic mass is 35.5. The molecule has 1 aromatic heterocycles. The van der Waals surface area contributed by atoms with E-state index in [9.17, 15) is 14.4 Å². The van der Waals surface area contributed by atoms with Crippen LogP contribution in [0.4, 0.5) is 16.4 Å². The Kier molecular flexibility index (Phi) is 16.4. The first kappa shape index (κ1) is 41.0. The van der Waals surface area contributed by atoms with Crippen LogP contribution in [-0.2, 0) is 17.6 Å². The molecule has 1 unspecified atom stereocenters. The van der Waals surface area contributed by atoms with E-state index in [1.807, 2.05) is 64.1 Å². The topological polar surface area (TPSA) is 178 Å². The summed E-state index contributed by atoms with van der Waals surface area (Å²) in [6, 6.07) is 15.4. The van der Waals surface area contributed by atoms with Crippen molar-refractivity contribution in [2.45, 2.75) is 78.7 Å². The average molecular weight is 723 g/mol. The molecular formula is C38H55ClN8O4. The Bertz CT molecular complexity index is 1580. The zero-order valence-corrected chi connectivity index (χ0v) is 31.4. The highest BCUT2D eigenvalue weighted by Crippen LogP contribution is 2.20. The van der Waals surface area contributed by atoms with Gasteiger partial charge in [0, 0.05) is 38.3 Å². The van der Waals surface area contributed by atoms with Crippen LogP contribution in [0.1, 0.15) is 90.9 Å². The standard InChI is InChI=1S/C38H55ClN8O4/c1-6-7-8-11-19-42-20-21-43-35(48)29-16-14-27(15-17-29)18-22-47(37(50)51-38(3,4)5)25-28(23-30-13-10-9-12-26(30)2)24-44-36(49)31-33(40)46-34(41)32(39)45-31/h9-10,12-17,28,42H,6-8,11,18-25H2,1-5H3,(H,43,48)(H,44,49)(H4,40,41,46). The van der Waals surface area contributed by atoms with Crippen molar-refractivity contribution in [1.82, 2.24) is 30.8 Å². The van der Waals surface area contributed by atoms with Crippen molar-refractivity contribution in [1.29, 1.82) is 0 Å². The van der Waals surface area contributed by atoms with Crippen LogP contribution in [0.25, 0.3) is 0 Å². The molecule has 0 saturated carbocycles. The molecular weight excluding hydrogens is 668 g/mol. The number of nitrogen functional groups attached to an aromatic ring is 2. The van der Waals surface area contributed by atoms with Crippen LogP contribution < -0.4 is 27.4 Å². The molecule has 51 heavy (non-hydrogen) atoms. The van der Waals surface area contributed by atoms with E-state index >= 15 is 0 Å².